The van der Waals surface area contributed by atoms with Gasteiger partial charge in [0.2, 0.25) is 0 Å². The largest absolute Gasteiger partial charge is 0.497 e. The number of ether oxygens (including phenoxy) is 2. The Morgan fingerprint density at radius 1 is 1.25 bits per heavy atom. The van der Waals surface area contributed by atoms with E-state index < -0.39 is 11.6 Å². The summed E-state index contributed by atoms with van der Waals surface area (Å²) in [4.78, 5) is 23.0. The summed E-state index contributed by atoms with van der Waals surface area (Å²) in [5.74, 6) is -0.500. The monoisotopic (exact) mass is 333 g/mol. The Balaban J connectivity index is 2.35. The molecule has 1 aromatic heterocycles. The molecular formula is C18H23NO5. The van der Waals surface area contributed by atoms with Crippen LogP contribution in [0.25, 0.3) is 10.9 Å². The lowest BCUT2D eigenvalue weighted by Crippen LogP contribution is -2.26. The molecule has 2 aromatic rings. The van der Waals surface area contributed by atoms with Gasteiger partial charge in [-0.25, -0.2) is 0 Å². The number of rotatable bonds is 6. The van der Waals surface area contributed by atoms with Crippen LogP contribution >= 0.6 is 0 Å². The van der Waals surface area contributed by atoms with Crippen LogP contribution in [-0.2, 0) is 27.3 Å². The van der Waals surface area contributed by atoms with Crippen molar-refractivity contribution in [1.82, 2.24) is 4.57 Å². The molecule has 0 aliphatic heterocycles. The van der Waals surface area contributed by atoms with Crippen LogP contribution in [0.2, 0.25) is 0 Å². The van der Waals surface area contributed by atoms with Gasteiger partial charge in [0.25, 0.3) is 0 Å². The maximum Gasteiger partial charge on any atom is 0.326 e. The van der Waals surface area contributed by atoms with E-state index in [1.807, 2.05) is 45.2 Å². The van der Waals surface area contributed by atoms with Crippen molar-refractivity contribution >= 4 is 22.8 Å². The first-order valence-corrected chi connectivity index (χ1v) is 7.79. The molecule has 0 unspecified atom stereocenters. The lowest BCUT2D eigenvalue weighted by atomic mass is 10.1. The van der Waals surface area contributed by atoms with Gasteiger partial charge in [0.1, 0.15) is 17.9 Å². The van der Waals surface area contributed by atoms with Crippen LogP contribution in [-0.4, -0.2) is 34.3 Å². The van der Waals surface area contributed by atoms with Crippen molar-refractivity contribution in [3.63, 3.8) is 0 Å². The first kappa shape index (κ1) is 17.8. The second-order valence-electron chi connectivity index (χ2n) is 6.65. The van der Waals surface area contributed by atoms with E-state index in [1.165, 1.54) is 0 Å². The average Bonchev–Trinajstić information content (AvgIpc) is 2.80. The molecule has 0 saturated heterocycles. The molecule has 0 aliphatic carbocycles. The van der Waals surface area contributed by atoms with E-state index in [4.69, 9.17) is 14.6 Å². The van der Waals surface area contributed by atoms with E-state index >= 15 is 0 Å². The summed E-state index contributed by atoms with van der Waals surface area (Å²) in [5.41, 5.74) is 1.17. The molecule has 0 saturated carbocycles. The second kappa shape index (κ2) is 6.95. The molecule has 0 aliphatic rings. The van der Waals surface area contributed by atoms with Crippen molar-refractivity contribution in [2.45, 2.75) is 45.8 Å². The van der Waals surface area contributed by atoms with Gasteiger partial charge in [0, 0.05) is 23.5 Å². The van der Waals surface area contributed by atoms with Crippen LogP contribution in [0, 0.1) is 0 Å². The molecule has 0 spiro atoms. The van der Waals surface area contributed by atoms with Gasteiger partial charge in [-0.3, -0.25) is 9.59 Å². The van der Waals surface area contributed by atoms with Crippen LogP contribution in [0.15, 0.2) is 24.4 Å². The lowest BCUT2D eigenvalue weighted by molar-refractivity contribution is -0.155. The van der Waals surface area contributed by atoms with Crippen LogP contribution in [0.1, 0.15) is 32.8 Å². The fraction of sp³-hybridized carbons (Fsp3) is 0.444. The smallest absolute Gasteiger partial charge is 0.326 e. The number of carbonyl (C=O) groups excluding carboxylic acids is 1. The third-order valence-electron chi connectivity index (χ3n) is 3.50. The van der Waals surface area contributed by atoms with Gasteiger partial charge in [-0.2, -0.15) is 0 Å². The van der Waals surface area contributed by atoms with Gasteiger partial charge in [-0.05, 0) is 51.0 Å². The van der Waals surface area contributed by atoms with E-state index in [2.05, 4.69) is 0 Å². The number of benzene rings is 1. The zero-order valence-corrected chi connectivity index (χ0v) is 14.5. The van der Waals surface area contributed by atoms with Gasteiger partial charge >= 0.3 is 11.9 Å². The summed E-state index contributed by atoms with van der Waals surface area (Å²) in [6, 6.07) is 5.54. The molecule has 6 heteroatoms. The molecule has 1 heterocycles. The minimum absolute atomic E-state index is 0.0305. The number of aliphatic carboxylic acids is 1. The minimum Gasteiger partial charge on any atom is -0.497 e. The van der Waals surface area contributed by atoms with E-state index in [0.717, 1.165) is 16.5 Å². The number of fused-ring (bicyclic) bond motifs is 1. The Kier molecular flexibility index (Phi) is 5.17. The van der Waals surface area contributed by atoms with Crippen molar-refractivity contribution in [3.05, 3.63) is 30.0 Å². The van der Waals surface area contributed by atoms with Crippen molar-refractivity contribution in [2.24, 2.45) is 0 Å². The van der Waals surface area contributed by atoms with Crippen molar-refractivity contribution in [3.8, 4) is 5.75 Å². The highest BCUT2D eigenvalue weighted by atomic mass is 16.6. The zero-order chi connectivity index (χ0) is 17.9. The molecule has 0 atom stereocenters. The Hall–Kier alpha value is -2.50. The highest BCUT2D eigenvalue weighted by Gasteiger charge is 2.18. The molecule has 130 valence electrons. The second-order valence-corrected chi connectivity index (χ2v) is 6.65. The predicted molar refractivity (Wildman–Crippen MR) is 90.3 cm³/mol. The molecule has 6 nitrogen and oxygen atoms in total. The summed E-state index contributed by atoms with van der Waals surface area (Å²) in [7, 11) is 1.58. The summed E-state index contributed by atoms with van der Waals surface area (Å²) in [5, 5.41) is 9.81. The number of hydrogen-bond donors (Lipinski definition) is 1. The molecule has 0 amide bonds. The third-order valence-corrected chi connectivity index (χ3v) is 3.50. The average molecular weight is 333 g/mol. The van der Waals surface area contributed by atoms with Crippen LogP contribution in [0.5, 0.6) is 5.75 Å². The highest BCUT2D eigenvalue weighted by molar-refractivity contribution is 5.87. The lowest BCUT2D eigenvalue weighted by Gasteiger charge is -2.19. The van der Waals surface area contributed by atoms with E-state index in [-0.39, 0.29) is 18.9 Å². The molecule has 24 heavy (non-hydrogen) atoms. The number of nitrogens with zero attached hydrogens (tertiary/aromatic N) is 1. The number of methoxy groups -OCH3 is 1. The normalized spacial score (nSPS) is 11.5. The van der Waals surface area contributed by atoms with Gasteiger partial charge in [-0.1, -0.05) is 0 Å². The summed E-state index contributed by atoms with van der Waals surface area (Å²) in [6.45, 7) is 5.54. The Morgan fingerprint density at radius 3 is 2.54 bits per heavy atom. The van der Waals surface area contributed by atoms with Crippen LogP contribution < -0.4 is 4.74 Å². The minimum atomic E-state index is -0.856. The third kappa shape index (κ3) is 4.50. The fourth-order valence-corrected chi connectivity index (χ4v) is 2.56. The number of aromatic nitrogens is 1. The summed E-state index contributed by atoms with van der Waals surface area (Å²) in [6.07, 6.45) is 2.24. The molecule has 0 radical (unpaired) electrons. The van der Waals surface area contributed by atoms with E-state index in [1.54, 1.807) is 11.7 Å². The van der Waals surface area contributed by atoms with Crippen molar-refractivity contribution < 1.29 is 24.2 Å². The van der Waals surface area contributed by atoms with Crippen LogP contribution in [0.4, 0.5) is 0 Å². The SMILES string of the molecule is COc1ccc2c(c1)c(CCC(=O)O)cn2CC(=O)OC(C)(C)C. The van der Waals surface area contributed by atoms with E-state index in [0.29, 0.717) is 12.2 Å². The standard InChI is InChI=1S/C18H23NO5/c1-18(2,3)24-17(22)11-19-10-12(5-8-16(20)21)14-9-13(23-4)6-7-15(14)19/h6-7,9-10H,5,8,11H2,1-4H3,(H,20,21). The number of carboxylic acids is 1. The summed E-state index contributed by atoms with van der Waals surface area (Å²) >= 11 is 0. The maximum absolute atomic E-state index is 12.1. The first-order chi connectivity index (χ1) is 11.2. The Morgan fingerprint density at radius 2 is 1.96 bits per heavy atom. The first-order valence-electron chi connectivity index (χ1n) is 7.79. The van der Waals surface area contributed by atoms with Gasteiger partial charge < -0.3 is 19.1 Å². The van der Waals surface area contributed by atoms with Gasteiger partial charge in [-0.15, -0.1) is 0 Å². The molecule has 1 aromatic carbocycles. The molecule has 0 fully saturated rings. The molecular weight excluding hydrogens is 310 g/mol. The predicted octanol–water partition coefficient (Wildman–Crippen LogP) is 3.01. The number of carboxylic acid groups (broad SMARTS) is 1. The quantitative estimate of drug-likeness (QED) is 0.822. The topological polar surface area (TPSA) is 77.8 Å². The molecule has 0 bridgehead atoms. The van der Waals surface area contributed by atoms with Crippen molar-refractivity contribution in [1.29, 1.82) is 0 Å². The highest BCUT2D eigenvalue weighted by Crippen LogP contribution is 2.27. The summed E-state index contributed by atoms with van der Waals surface area (Å²) < 4.78 is 12.4. The Bertz CT molecular complexity index is 755. The number of esters is 1. The molecule has 2 rings (SSSR count). The van der Waals surface area contributed by atoms with Gasteiger partial charge in [0.15, 0.2) is 0 Å². The fourth-order valence-electron chi connectivity index (χ4n) is 2.56. The number of aryl methyl sites for hydroxylation is 1. The van der Waals surface area contributed by atoms with Crippen molar-refractivity contribution in [2.75, 3.05) is 7.11 Å². The maximum atomic E-state index is 12.1. The van der Waals surface area contributed by atoms with E-state index in [9.17, 15) is 9.59 Å². The van der Waals surface area contributed by atoms with Crippen LogP contribution in [0.3, 0.4) is 0 Å². The Labute approximate surface area is 141 Å². The molecule has 1 N–H and O–H groups in total. The number of hydrogen-bond acceptors (Lipinski definition) is 4. The zero-order valence-electron chi connectivity index (χ0n) is 14.5. The van der Waals surface area contributed by atoms with Gasteiger partial charge in [0.05, 0.1) is 7.11 Å². The number of carbonyl (C=O) groups is 2.